The highest BCUT2D eigenvalue weighted by Crippen LogP contribution is 2.33. The standard InChI is InChI=1S/C28H28Cl2F3N3O4S/c1-3-25(27(38)34-4-2)35(17-19-13-14-23(29)24(30)15-19)26(37)18-36(41(39,40)22-11-6-5-7-12-22)21-10-8-9-20(16-21)28(31,32)33/h5-16,25H,3-4,17-18H2,1-2H3,(H,34,38)/t25-/m1/s1. The maximum absolute atomic E-state index is 13.9. The summed E-state index contributed by atoms with van der Waals surface area (Å²) < 4.78 is 68.7. The molecule has 0 heterocycles. The largest absolute Gasteiger partial charge is 0.416 e. The molecular formula is C28H28Cl2F3N3O4S. The minimum absolute atomic E-state index is 0.146. The Morgan fingerprint density at radius 2 is 1.61 bits per heavy atom. The van der Waals surface area contributed by atoms with Crippen LogP contribution in [0.5, 0.6) is 0 Å². The van der Waals surface area contributed by atoms with E-state index in [1.54, 1.807) is 26.0 Å². The molecule has 1 N–H and O–H groups in total. The van der Waals surface area contributed by atoms with Gasteiger partial charge in [-0.3, -0.25) is 13.9 Å². The van der Waals surface area contributed by atoms with Crippen LogP contribution in [0.3, 0.4) is 0 Å². The highest BCUT2D eigenvalue weighted by atomic mass is 35.5. The number of rotatable bonds is 11. The average Bonchev–Trinajstić information content (AvgIpc) is 2.93. The lowest BCUT2D eigenvalue weighted by Gasteiger charge is -2.33. The number of sulfonamides is 1. The van der Waals surface area contributed by atoms with Crippen LogP contribution in [-0.2, 0) is 32.3 Å². The first kappa shape index (κ1) is 32.2. The summed E-state index contributed by atoms with van der Waals surface area (Å²) in [6.07, 6.45) is -4.58. The maximum Gasteiger partial charge on any atom is 0.416 e. The van der Waals surface area contributed by atoms with Gasteiger partial charge in [-0.05, 0) is 61.4 Å². The molecule has 0 unspecified atom stereocenters. The number of carbonyl (C=O) groups excluding carboxylic acids is 2. The fourth-order valence-corrected chi connectivity index (χ4v) is 5.88. The van der Waals surface area contributed by atoms with Crippen molar-refractivity contribution >= 4 is 50.7 Å². The minimum Gasteiger partial charge on any atom is -0.355 e. The molecule has 3 rings (SSSR count). The number of halogens is 5. The molecule has 0 radical (unpaired) electrons. The van der Waals surface area contributed by atoms with Gasteiger partial charge >= 0.3 is 6.18 Å². The third-order valence-electron chi connectivity index (χ3n) is 6.15. The number of hydrogen-bond acceptors (Lipinski definition) is 4. The summed E-state index contributed by atoms with van der Waals surface area (Å²) in [6, 6.07) is 14.4. The van der Waals surface area contributed by atoms with E-state index in [9.17, 15) is 31.2 Å². The molecule has 0 fully saturated rings. The van der Waals surface area contributed by atoms with Crippen LogP contribution in [-0.4, -0.2) is 44.3 Å². The van der Waals surface area contributed by atoms with Gasteiger partial charge < -0.3 is 10.2 Å². The molecular weight excluding hydrogens is 602 g/mol. The molecule has 0 aliphatic carbocycles. The van der Waals surface area contributed by atoms with Crippen molar-refractivity contribution in [3.05, 3.63) is 94.0 Å². The van der Waals surface area contributed by atoms with Crippen LogP contribution in [0.2, 0.25) is 10.0 Å². The minimum atomic E-state index is -4.76. The van der Waals surface area contributed by atoms with Crippen LogP contribution < -0.4 is 9.62 Å². The average molecular weight is 631 g/mol. The van der Waals surface area contributed by atoms with Gasteiger partial charge in [-0.1, -0.05) is 60.5 Å². The number of amides is 2. The van der Waals surface area contributed by atoms with E-state index in [1.165, 1.54) is 47.4 Å². The van der Waals surface area contributed by atoms with Crippen LogP contribution in [0, 0.1) is 0 Å². The molecule has 3 aromatic rings. The van der Waals surface area contributed by atoms with Gasteiger partial charge in [0, 0.05) is 13.1 Å². The lowest BCUT2D eigenvalue weighted by atomic mass is 10.1. The van der Waals surface area contributed by atoms with E-state index < -0.39 is 46.2 Å². The predicted octanol–water partition coefficient (Wildman–Crippen LogP) is 6.15. The molecule has 220 valence electrons. The van der Waals surface area contributed by atoms with Crippen molar-refractivity contribution in [1.82, 2.24) is 10.2 Å². The van der Waals surface area contributed by atoms with Gasteiger partial charge in [0.15, 0.2) is 0 Å². The molecule has 0 aliphatic rings. The van der Waals surface area contributed by atoms with E-state index >= 15 is 0 Å². The zero-order chi connectivity index (χ0) is 30.4. The van der Waals surface area contributed by atoms with Crippen LogP contribution in [0.25, 0.3) is 0 Å². The molecule has 0 spiro atoms. The monoisotopic (exact) mass is 629 g/mol. The van der Waals surface area contributed by atoms with E-state index in [4.69, 9.17) is 23.2 Å². The van der Waals surface area contributed by atoms with Crippen molar-refractivity contribution in [2.24, 2.45) is 0 Å². The Bertz CT molecular complexity index is 1490. The Balaban J connectivity index is 2.12. The number of nitrogens with zero attached hydrogens (tertiary/aromatic N) is 2. The summed E-state index contributed by atoms with van der Waals surface area (Å²) in [4.78, 5) is 27.8. The normalized spacial score (nSPS) is 12.5. The zero-order valence-corrected chi connectivity index (χ0v) is 24.5. The Labute approximate surface area is 246 Å². The van der Waals surface area contributed by atoms with E-state index in [-0.39, 0.29) is 40.1 Å². The van der Waals surface area contributed by atoms with E-state index in [0.29, 0.717) is 15.9 Å². The van der Waals surface area contributed by atoms with Crippen molar-refractivity contribution < 1.29 is 31.2 Å². The van der Waals surface area contributed by atoms with E-state index in [2.05, 4.69) is 5.32 Å². The number of carbonyl (C=O) groups is 2. The molecule has 0 bridgehead atoms. The second-order valence-electron chi connectivity index (χ2n) is 8.96. The molecule has 0 aliphatic heterocycles. The van der Waals surface area contributed by atoms with Crippen molar-refractivity contribution in [1.29, 1.82) is 0 Å². The molecule has 41 heavy (non-hydrogen) atoms. The van der Waals surface area contributed by atoms with Crippen molar-refractivity contribution in [3.63, 3.8) is 0 Å². The van der Waals surface area contributed by atoms with Gasteiger partial charge in [-0.15, -0.1) is 0 Å². The van der Waals surface area contributed by atoms with Gasteiger partial charge in [0.05, 0.1) is 26.2 Å². The van der Waals surface area contributed by atoms with Crippen LogP contribution >= 0.6 is 23.2 Å². The van der Waals surface area contributed by atoms with Crippen LogP contribution in [0.1, 0.15) is 31.4 Å². The van der Waals surface area contributed by atoms with Gasteiger partial charge in [0.2, 0.25) is 11.8 Å². The topological polar surface area (TPSA) is 86.8 Å². The highest BCUT2D eigenvalue weighted by molar-refractivity contribution is 7.92. The summed E-state index contributed by atoms with van der Waals surface area (Å²) in [5.41, 5.74) is -0.943. The summed E-state index contributed by atoms with van der Waals surface area (Å²) >= 11 is 12.2. The lowest BCUT2D eigenvalue weighted by Crippen LogP contribution is -2.52. The lowest BCUT2D eigenvalue weighted by molar-refractivity contribution is -0.140. The second kappa shape index (κ2) is 13.6. The smallest absolute Gasteiger partial charge is 0.355 e. The number of nitrogens with one attached hydrogen (secondary N) is 1. The Morgan fingerprint density at radius 3 is 2.20 bits per heavy atom. The molecule has 0 saturated heterocycles. The van der Waals surface area contributed by atoms with Crippen LogP contribution in [0.4, 0.5) is 18.9 Å². The number of anilines is 1. The fourth-order valence-electron chi connectivity index (χ4n) is 4.13. The number of likely N-dealkylation sites (N-methyl/N-ethyl adjacent to an activating group) is 1. The first-order valence-corrected chi connectivity index (χ1v) is 14.7. The first-order chi connectivity index (χ1) is 19.3. The molecule has 3 aromatic carbocycles. The van der Waals surface area contributed by atoms with Gasteiger partial charge in [0.1, 0.15) is 12.6 Å². The van der Waals surface area contributed by atoms with Gasteiger partial charge in [-0.25, -0.2) is 8.42 Å². The fraction of sp³-hybridized carbons (Fsp3) is 0.286. The third-order valence-corrected chi connectivity index (χ3v) is 8.67. The predicted molar refractivity (Wildman–Crippen MR) is 152 cm³/mol. The molecule has 0 saturated carbocycles. The maximum atomic E-state index is 13.9. The molecule has 0 aromatic heterocycles. The summed E-state index contributed by atoms with van der Waals surface area (Å²) in [7, 11) is -4.51. The SMILES string of the molecule is CCNC(=O)[C@@H](CC)N(Cc1ccc(Cl)c(Cl)c1)C(=O)CN(c1cccc(C(F)(F)F)c1)S(=O)(=O)c1ccccc1. The Morgan fingerprint density at radius 1 is 0.927 bits per heavy atom. The second-order valence-corrected chi connectivity index (χ2v) is 11.6. The molecule has 2 amide bonds. The quantitative estimate of drug-likeness (QED) is 0.276. The summed E-state index contributed by atoms with van der Waals surface area (Å²) in [5, 5.41) is 3.15. The Kier molecular flexibility index (Phi) is 10.7. The summed E-state index contributed by atoms with van der Waals surface area (Å²) in [5.74, 6) is -1.29. The first-order valence-electron chi connectivity index (χ1n) is 12.6. The van der Waals surface area contributed by atoms with E-state index in [1.807, 2.05) is 0 Å². The van der Waals surface area contributed by atoms with Crippen molar-refractivity contribution in [2.75, 3.05) is 17.4 Å². The molecule has 7 nitrogen and oxygen atoms in total. The van der Waals surface area contributed by atoms with Gasteiger partial charge in [0.25, 0.3) is 10.0 Å². The number of hydrogen-bond donors (Lipinski definition) is 1. The Hall–Kier alpha value is -3.28. The highest BCUT2D eigenvalue weighted by Gasteiger charge is 2.35. The third kappa shape index (κ3) is 7.93. The van der Waals surface area contributed by atoms with Gasteiger partial charge in [-0.2, -0.15) is 13.2 Å². The van der Waals surface area contributed by atoms with E-state index in [0.717, 1.165) is 12.1 Å². The van der Waals surface area contributed by atoms with Crippen molar-refractivity contribution in [2.45, 2.75) is 43.9 Å². The number of benzene rings is 3. The van der Waals surface area contributed by atoms with Crippen molar-refractivity contribution in [3.8, 4) is 0 Å². The van der Waals surface area contributed by atoms with Crippen LogP contribution in [0.15, 0.2) is 77.7 Å². The molecule has 13 heteroatoms. The number of alkyl halides is 3. The summed E-state index contributed by atoms with van der Waals surface area (Å²) in [6.45, 7) is 2.64. The zero-order valence-electron chi connectivity index (χ0n) is 22.2. The molecule has 1 atom stereocenters.